The van der Waals surface area contributed by atoms with E-state index in [2.05, 4.69) is 33.9 Å². The molecule has 0 saturated carbocycles. The van der Waals surface area contributed by atoms with Crippen LogP contribution in [0.3, 0.4) is 0 Å². The SMILES string of the molecule is CC(C)CC(=O)N[C@@H]1CCc2nnc(-c3ccccc3)n2C1. The molecule has 22 heavy (non-hydrogen) atoms. The predicted octanol–water partition coefficient (Wildman–Crippen LogP) is 2.42. The van der Waals surface area contributed by atoms with Gasteiger partial charge in [0.2, 0.25) is 5.91 Å². The second-order valence-electron chi connectivity index (χ2n) is 6.32. The molecular formula is C17H22N4O. The van der Waals surface area contributed by atoms with E-state index in [9.17, 15) is 4.79 Å². The summed E-state index contributed by atoms with van der Waals surface area (Å²) < 4.78 is 2.14. The normalized spacial score (nSPS) is 17.3. The second-order valence-corrected chi connectivity index (χ2v) is 6.32. The molecule has 0 fully saturated rings. The van der Waals surface area contributed by atoms with Gasteiger partial charge in [-0.15, -0.1) is 10.2 Å². The van der Waals surface area contributed by atoms with Crippen LogP contribution in [0.25, 0.3) is 11.4 Å². The highest BCUT2D eigenvalue weighted by Gasteiger charge is 2.24. The molecule has 0 spiro atoms. The minimum absolute atomic E-state index is 0.137. The van der Waals surface area contributed by atoms with Gasteiger partial charge in [-0.25, -0.2) is 0 Å². The Labute approximate surface area is 130 Å². The minimum atomic E-state index is 0.137. The van der Waals surface area contributed by atoms with E-state index in [0.717, 1.165) is 36.6 Å². The summed E-state index contributed by atoms with van der Waals surface area (Å²) in [6.45, 7) is 4.87. The number of hydrogen-bond donors (Lipinski definition) is 1. The molecule has 5 nitrogen and oxygen atoms in total. The van der Waals surface area contributed by atoms with E-state index in [1.165, 1.54) is 0 Å². The van der Waals surface area contributed by atoms with Gasteiger partial charge >= 0.3 is 0 Å². The Morgan fingerprint density at radius 1 is 1.32 bits per heavy atom. The predicted molar refractivity (Wildman–Crippen MR) is 85.2 cm³/mol. The van der Waals surface area contributed by atoms with Crippen LogP contribution in [-0.2, 0) is 17.8 Å². The first-order chi connectivity index (χ1) is 10.6. The van der Waals surface area contributed by atoms with E-state index in [1.54, 1.807) is 0 Å². The molecule has 3 rings (SSSR count). The van der Waals surface area contributed by atoms with Crippen LogP contribution in [0.15, 0.2) is 30.3 Å². The van der Waals surface area contributed by atoms with Crippen molar-refractivity contribution in [2.45, 2.75) is 45.7 Å². The van der Waals surface area contributed by atoms with E-state index in [4.69, 9.17) is 0 Å². The number of carbonyl (C=O) groups is 1. The van der Waals surface area contributed by atoms with Gasteiger partial charge in [-0.3, -0.25) is 4.79 Å². The molecular weight excluding hydrogens is 276 g/mol. The van der Waals surface area contributed by atoms with E-state index < -0.39 is 0 Å². The number of carbonyl (C=O) groups excluding carboxylic acids is 1. The van der Waals surface area contributed by atoms with Crippen molar-refractivity contribution in [3.8, 4) is 11.4 Å². The Bertz CT molecular complexity index is 648. The maximum Gasteiger partial charge on any atom is 0.220 e. The molecule has 2 aromatic rings. The van der Waals surface area contributed by atoms with Gasteiger partial charge < -0.3 is 9.88 Å². The molecule has 0 radical (unpaired) electrons. The standard InChI is InChI=1S/C17H22N4O/c1-12(2)10-16(22)18-14-8-9-15-19-20-17(21(15)11-14)13-6-4-3-5-7-13/h3-7,12,14H,8-11H2,1-2H3,(H,18,22)/t14-/m1/s1. The van der Waals surface area contributed by atoms with Crippen LogP contribution < -0.4 is 5.32 Å². The van der Waals surface area contributed by atoms with Gasteiger partial charge in [-0.05, 0) is 12.3 Å². The summed E-state index contributed by atoms with van der Waals surface area (Å²) in [5, 5.41) is 11.8. The lowest BCUT2D eigenvalue weighted by Crippen LogP contribution is -2.41. The highest BCUT2D eigenvalue weighted by Crippen LogP contribution is 2.23. The van der Waals surface area contributed by atoms with Crippen molar-refractivity contribution in [3.63, 3.8) is 0 Å². The average molecular weight is 298 g/mol. The fourth-order valence-corrected chi connectivity index (χ4v) is 2.90. The fraction of sp³-hybridized carbons (Fsp3) is 0.471. The topological polar surface area (TPSA) is 59.8 Å². The van der Waals surface area contributed by atoms with Crippen molar-refractivity contribution < 1.29 is 4.79 Å². The summed E-state index contributed by atoms with van der Waals surface area (Å²) in [4.78, 5) is 12.0. The summed E-state index contributed by atoms with van der Waals surface area (Å²) in [5.74, 6) is 2.42. The lowest BCUT2D eigenvalue weighted by molar-refractivity contribution is -0.122. The molecule has 0 bridgehead atoms. The Kier molecular flexibility index (Phi) is 4.22. The van der Waals surface area contributed by atoms with Crippen LogP contribution in [-0.4, -0.2) is 26.7 Å². The molecule has 2 heterocycles. The van der Waals surface area contributed by atoms with Crippen LogP contribution >= 0.6 is 0 Å². The minimum Gasteiger partial charge on any atom is -0.352 e. The van der Waals surface area contributed by atoms with Crippen molar-refractivity contribution in [1.82, 2.24) is 20.1 Å². The van der Waals surface area contributed by atoms with Crippen LogP contribution in [0.1, 0.15) is 32.5 Å². The summed E-state index contributed by atoms with van der Waals surface area (Å²) in [6, 6.07) is 10.2. The summed E-state index contributed by atoms with van der Waals surface area (Å²) >= 11 is 0. The first-order valence-corrected chi connectivity index (χ1v) is 7.90. The van der Waals surface area contributed by atoms with Gasteiger partial charge in [-0.1, -0.05) is 44.2 Å². The van der Waals surface area contributed by atoms with Crippen LogP contribution in [0.4, 0.5) is 0 Å². The highest BCUT2D eigenvalue weighted by atomic mass is 16.1. The van der Waals surface area contributed by atoms with Gasteiger partial charge in [0, 0.05) is 31.0 Å². The molecule has 1 aromatic carbocycles. The molecule has 0 saturated heterocycles. The maximum atomic E-state index is 12.0. The molecule has 1 aliphatic rings. The monoisotopic (exact) mass is 298 g/mol. The van der Waals surface area contributed by atoms with Crippen molar-refractivity contribution in [2.24, 2.45) is 5.92 Å². The van der Waals surface area contributed by atoms with Crippen molar-refractivity contribution >= 4 is 5.91 Å². The number of fused-ring (bicyclic) bond motifs is 1. The third kappa shape index (κ3) is 3.18. The molecule has 0 aliphatic carbocycles. The lowest BCUT2D eigenvalue weighted by atomic mass is 10.0. The zero-order chi connectivity index (χ0) is 15.5. The number of nitrogens with zero attached hydrogens (tertiary/aromatic N) is 3. The van der Waals surface area contributed by atoms with Crippen LogP contribution in [0.5, 0.6) is 0 Å². The first-order valence-electron chi connectivity index (χ1n) is 7.90. The van der Waals surface area contributed by atoms with Crippen molar-refractivity contribution in [2.75, 3.05) is 0 Å². The van der Waals surface area contributed by atoms with E-state index in [1.807, 2.05) is 30.3 Å². The van der Waals surface area contributed by atoms with Crippen molar-refractivity contribution in [3.05, 3.63) is 36.2 Å². The number of amides is 1. The number of benzene rings is 1. The summed E-state index contributed by atoms with van der Waals surface area (Å²) in [7, 11) is 0. The molecule has 1 atom stereocenters. The van der Waals surface area contributed by atoms with Gasteiger partial charge in [-0.2, -0.15) is 0 Å². The molecule has 116 valence electrons. The lowest BCUT2D eigenvalue weighted by Gasteiger charge is -2.25. The number of hydrogen-bond acceptors (Lipinski definition) is 3. The second kappa shape index (κ2) is 6.30. The largest absolute Gasteiger partial charge is 0.352 e. The Morgan fingerprint density at radius 3 is 2.82 bits per heavy atom. The van der Waals surface area contributed by atoms with Crippen molar-refractivity contribution in [1.29, 1.82) is 0 Å². The molecule has 5 heteroatoms. The number of nitrogens with one attached hydrogen (secondary N) is 1. The quantitative estimate of drug-likeness (QED) is 0.943. The van der Waals surface area contributed by atoms with Crippen LogP contribution in [0, 0.1) is 5.92 Å². The zero-order valence-corrected chi connectivity index (χ0v) is 13.1. The van der Waals surface area contributed by atoms with E-state index in [0.29, 0.717) is 12.3 Å². The Balaban J connectivity index is 1.75. The number of aryl methyl sites for hydroxylation is 1. The molecule has 1 amide bonds. The maximum absolute atomic E-state index is 12.0. The molecule has 0 unspecified atom stereocenters. The van der Waals surface area contributed by atoms with Gasteiger partial charge in [0.1, 0.15) is 5.82 Å². The number of rotatable bonds is 4. The molecule has 1 aromatic heterocycles. The average Bonchev–Trinajstić information content (AvgIpc) is 2.90. The molecule has 1 N–H and O–H groups in total. The van der Waals surface area contributed by atoms with Gasteiger partial charge in [0.05, 0.1) is 0 Å². The third-order valence-corrected chi connectivity index (χ3v) is 3.94. The number of aromatic nitrogens is 3. The molecule has 1 aliphatic heterocycles. The summed E-state index contributed by atoms with van der Waals surface area (Å²) in [6.07, 6.45) is 2.36. The van der Waals surface area contributed by atoms with Crippen LogP contribution in [0.2, 0.25) is 0 Å². The Hall–Kier alpha value is -2.17. The van der Waals surface area contributed by atoms with Gasteiger partial charge in [0.25, 0.3) is 0 Å². The highest BCUT2D eigenvalue weighted by molar-refractivity contribution is 5.76. The van der Waals surface area contributed by atoms with Gasteiger partial charge in [0.15, 0.2) is 5.82 Å². The van der Waals surface area contributed by atoms with E-state index >= 15 is 0 Å². The zero-order valence-electron chi connectivity index (χ0n) is 13.1. The third-order valence-electron chi connectivity index (χ3n) is 3.94. The fourth-order valence-electron chi connectivity index (χ4n) is 2.90. The first kappa shape index (κ1) is 14.8. The van der Waals surface area contributed by atoms with E-state index in [-0.39, 0.29) is 11.9 Å². The Morgan fingerprint density at radius 2 is 2.09 bits per heavy atom. The summed E-state index contributed by atoms with van der Waals surface area (Å²) in [5.41, 5.74) is 1.07. The smallest absolute Gasteiger partial charge is 0.220 e.